The summed E-state index contributed by atoms with van der Waals surface area (Å²) in [5, 5.41) is 3.65. The van der Waals surface area contributed by atoms with Crippen LogP contribution in [0.1, 0.15) is 19.4 Å². The molecule has 2 rings (SSSR count). The van der Waals surface area contributed by atoms with Crippen LogP contribution in [-0.4, -0.2) is 4.98 Å². The van der Waals surface area contributed by atoms with Crippen LogP contribution in [0.2, 0.25) is 5.02 Å². The van der Waals surface area contributed by atoms with Gasteiger partial charge in [0.15, 0.2) is 0 Å². The lowest BCUT2D eigenvalue weighted by atomic mass is 10.2. The molecule has 4 heteroatoms. The molecule has 0 spiro atoms. The first kappa shape index (κ1) is 11.4. The number of aromatic nitrogens is 1. The monoisotopic (exact) mass is 228 g/mol. The summed E-state index contributed by atoms with van der Waals surface area (Å²) >= 11 is 7.48. The molecule has 0 amide bonds. The Morgan fingerprint density at radius 1 is 1.50 bits per heavy atom. The minimum atomic E-state index is 0.509. The van der Waals surface area contributed by atoms with Crippen molar-refractivity contribution in [3.05, 3.63) is 28.2 Å². The first-order chi connectivity index (χ1) is 6.81. The predicted molar refractivity (Wildman–Crippen MR) is 63.9 cm³/mol. The van der Waals surface area contributed by atoms with Gasteiger partial charge in [-0.3, -0.25) is 0 Å². The van der Waals surface area contributed by atoms with Gasteiger partial charge in [0.2, 0.25) is 0 Å². The van der Waals surface area contributed by atoms with E-state index in [1.54, 1.807) is 17.5 Å². The SMILES string of the molecule is CC.NCc1cnc2scc(Cl)c2c1. The maximum absolute atomic E-state index is 5.93. The number of hydrogen-bond acceptors (Lipinski definition) is 3. The normalized spacial score (nSPS) is 9.71. The second kappa shape index (κ2) is 5.29. The lowest BCUT2D eigenvalue weighted by molar-refractivity contribution is 1.06. The zero-order valence-electron chi connectivity index (χ0n) is 8.25. The number of hydrogen-bond donors (Lipinski definition) is 1. The Morgan fingerprint density at radius 3 is 2.86 bits per heavy atom. The molecule has 2 heterocycles. The van der Waals surface area contributed by atoms with Gasteiger partial charge in [-0.05, 0) is 11.6 Å². The molecule has 76 valence electrons. The summed E-state index contributed by atoms with van der Waals surface area (Å²) in [6.45, 7) is 4.51. The van der Waals surface area contributed by atoms with Crippen molar-refractivity contribution in [3.63, 3.8) is 0 Å². The summed E-state index contributed by atoms with van der Waals surface area (Å²) in [7, 11) is 0. The van der Waals surface area contributed by atoms with Crippen LogP contribution in [0.3, 0.4) is 0 Å². The molecule has 0 saturated heterocycles. The molecular weight excluding hydrogens is 216 g/mol. The zero-order chi connectivity index (χ0) is 10.6. The number of nitrogens with two attached hydrogens (primary N) is 1. The van der Waals surface area contributed by atoms with Crippen molar-refractivity contribution in [2.45, 2.75) is 20.4 Å². The van der Waals surface area contributed by atoms with Crippen molar-refractivity contribution < 1.29 is 0 Å². The van der Waals surface area contributed by atoms with Gasteiger partial charge in [0.1, 0.15) is 4.83 Å². The standard InChI is InChI=1S/C8H7ClN2S.C2H6/c9-7-4-12-8-6(7)1-5(2-10)3-11-8;1-2/h1,3-4H,2,10H2;1-2H3. The highest BCUT2D eigenvalue weighted by Gasteiger charge is 2.02. The first-order valence-corrected chi connectivity index (χ1v) is 5.78. The Hall–Kier alpha value is -0.640. The maximum atomic E-state index is 5.93. The van der Waals surface area contributed by atoms with Gasteiger partial charge in [0, 0.05) is 23.5 Å². The molecule has 0 unspecified atom stereocenters. The average Bonchev–Trinajstić information content (AvgIpc) is 2.63. The summed E-state index contributed by atoms with van der Waals surface area (Å²) < 4.78 is 0. The van der Waals surface area contributed by atoms with Gasteiger partial charge in [0.05, 0.1) is 5.02 Å². The Morgan fingerprint density at radius 2 is 2.21 bits per heavy atom. The first-order valence-electron chi connectivity index (χ1n) is 4.53. The molecule has 0 bridgehead atoms. The van der Waals surface area contributed by atoms with Crippen LogP contribution in [0.4, 0.5) is 0 Å². The molecule has 0 fully saturated rings. The molecule has 0 saturated carbocycles. The van der Waals surface area contributed by atoms with E-state index in [0.717, 1.165) is 20.8 Å². The van der Waals surface area contributed by atoms with Crippen LogP contribution >= 0.6 is 22.9 Å². The third-order valence-corrected chi connectivity index (χ3v) is 3.02. The predicted octanol–water partition coefficient (Wildman–Crippen LogP) is 3.43. The third-order valence-electron chi connectivity index (χ3n) is 1.67. The molecule has 0 aliphatic rings. The third kappa shape index (κ3) is 2.23. The number of fused-ring (bicyclic) bond motifs is 1. The van der Waals surface area contributed by atoms with Crippen LogP contribution in [0, 0.1) is 0 Å². The molecule has 0 atom stereocenters. The van der Waals surface area contributed by atoms with E-state index in [9.17, 15) is 0 Å². The Labute approximate surface area is 92.7 Å². The summed E-state index contributed by atoms with van der Waals surface area (Å²) in [4.78, 5) is 5.20. The zero-order valence-corrected chi connectivity index (χ0v) is 9.82. The highest BCUT2D eigenvalue weighted by molar-refractivity contribution is 7.17. The summed E-state index contributed by atoms with van der Waals surface area (Å²) in [5.74, 6) is 0. The number of halogens is 1. The smallest absolute Gasteiger partial charge is 0.124 e. The molecule has 2 nitrogen and oxygen atoms in total. The highest BCUT2D eigenvalue weighted by atomic mass is 35.5. The Balaban J connectivity index is 0.000000461. The Bertz CT molecular complexity index is 411. The van der Waals surface area contributed by atoms with E-state index in [1.165, 1.54) is 0 Å². The van der Waals surface area contributed by atoms with Gasteiger partial charge in [0.25, 0.3) is 0 Å². The fourth-order valence-electron chi connectivity index (χ4n) is 1.04. The van der Waals surface area contributed by atoms with Crippen LogP contribution in [0.25, 0.3) is 10.2 Å². The molecule has 2 N–H and O–H groups in total. The van der Waals surface area contributed by atoms with Gasteiger partial charge in [-0.2, -0.15) is 0 Å². The second-order valence-corrected chi connectivity index (χ2v) is 3.75. The minimum Gasteiger partial charge on any atom is -0.326 e. The van der Waals surface area contributed by atoms with E-state index in [2.05, 4.69) is 4.98 Å². The molecule has 2 aromatic heterocycles. The van der Waals surface area contributed by atoms with Crippen LogP contribution in [0.15, 0.2) is 17.6 Å². The average molecular weight is 229 g/mol. The van der Waals surface area contributed by atoms with Gasteiger partial charge in [-0.15, -0.1) is 11.3 Å². The molecular formula is C10H13ClN2S. The molecule has 2 aromatic rings. The van der Waals surface area contributed by atoms with Gasteiger partial charge in [-0.1, -0.05) is 25.4 Å². The molecule has 14 heavy (non-hydrogen) atoms. The summed E-state index contributed by atoms with van der Waals surface area (Å²) in [6.07, 6.45) is 1.79. The van der Waals surface area contributed by atoms with E-state index in [4.69, 9.17) is 17.3 Å². The van der Waals surface area contributed by atoms with E-state index < -0.39 is 0 Å². The number of nitrogens with zero attached hydrogens (tertiary/aromatic N) is 1. The van der Waals surface area contributed by atoms with Crippen molar-refractivity contribution in [1.29, 1.82) is 0 Å². The van der Waals surface area contributed by atoms with E-state index in [1.807, 2.05) is 25.3 Å². The van der Waals surface area contributed by atoms with E-state index >= 15 is 0 Å². The minimum absolute atomic E-state index is 0.509. The summed E-state index contributed by atoms with van der Waals surface area (Å²) in [5.41, 5.74) is 6.50. The fraction of sp³-hybridized carbons (Fsp3) is 0.300. The van der Waals surface area contributed by atoms with Gasteiger partial charge in [-0.25, -0.2) is 4.98 Å². The quantitative estimate of drug-likeness (QED) is 0.812. The number of rotatable bonds is 1. The van der Waals surface area contributed by atoms with E-state index in [0.29, 0.717) is 6.54 Å². The molecule has 0 radical (unpaired) electrons. The van der Waals surface area contributed by atoms with Crippen molar-refractivity contribution in [2.24, 2.45) is 5.73 Å². The van der Waals surface area contributed by atoms with Gasteiger partial charge < -0.3 is 5.73 Å². The summed E-state index contributed by atoms with van der Waals surface area (Å²) in [6, 6.07) is 1.99. The van der Waals surface area contributed by atoms with Crippen LogP contribution in [0.5, 0.6) is 0 Å². The van der Waals surface area contributed by atoms with Crippen molar-refractivity contribution in [3.8, 4) is 0 Å². The van der Waals surface area contributed by atoms with E-state index in [-0.39, 0.29) is 0 Å². The molecule has 0 aliphatic heterocycles. The van der Waals surface area contributed by atoms with Crippen LogP contribution < -0.4 is 5.73 Å². The molecule has 0 aromatic carbocycles. The maximum Gasteiger partial charge on any atom is 0.124 e. The fourth-order valence-corrected chi connectivity index (χ4v) is 2.13. The molecule has 0 aliphatic carbocycles. The van der Waals surface area contributed by atoms with Crippen molar-refractivity contribution in [1.82, 2.24) is 4.98 Å². The highest BCUT2D eigenvalue weighted by Crippen LogP contribution is 2.28. The van der Waals surface area contributed by atoms with Crippen LogP contribution in [-0.2, 0) is 6.54 Å². The number of pyridine rings is 1. The lowest BCUT2D eigenvalue weighted by Crippen LogP contribution is -1.95. The topological polar surface area (TPSA) is 38.9 Å². The van der Waals surface area contributed by atoms with Crippen molar-refractivity contribution >= 4 is 33.2 Å². The number of thiophene rings is 1. The van der Waals surface area contributed by atoms with Crippen molar-refractivity contribution in [2.75, 3.05) is 0 Å². The van der Waals surface area contributed by atoms with Gasteiger partial charge >= 0.3 is 0 Å². The largest absolute Gasteiger partial charge is 0.326 e. The second-order valence-electron chi connectivity index (χ2n) is 2.48. The lowest BCUT2D eigenvalue weighted by Gasteiger charge is -1.95. The Kier molecular flexibility index (Phi) is 4.32.